The van der Waals surface area contributed by atoms with Gasteiger partial charge in [0.2, 0.25) is 0 Å². The number of benzene rings is 2. The molecule has 3 rings (SSSR count). The van der Waals surface area contributed by atoms with Crippen molar-refractivity contribution < 1.29 is 29.0 Å². The highest BCUT2D eigenvalue weighted by Crippen LogP contribution is 2.27. The molecule has 0 aliphatic carbocycles. The molecule has 0 fully saturated rings. The van der Waals surface area contributed by atoms with Crippen LogP contribution in [-0.2, 0) is 19.1 Å². The molecule has 2 aromatic carbocycles. The normalized spacial score (nSPS) is 13.5. The van der Waals surface area contributed by atoms with Crippen LogP contribution in [0.1, 0.15) is 24.2 Å². The topological polar surface area (TPSA) is 105 Å². The number of anilines is 1. The maximum absolute atomic E-state index is 12.7. The van der Waals surface area contributed by atoms with Crippen molar-refractivity contribution in [2.45, 2.75) is 20.0 Å². The average Bonchev–Trinajstić information content (AvgIpc) is 3.08. The fraction of sp³-hybridized carbons (Fsp3) is 0.292. The Morgan fingerprint density at radius 1 is 1.09 bits per heavy atom. The van der Waals surface area contributed by atoms with E-state index in [4.69, 9.17) is 9.47 Å². The summed E-state index contributed by atoms with van der Waals surface area (Å²) in [6.45, 7) is 3.55. The van der Waals surface area contributed by atoms with Gasteiger partial charge in [0, 0.05) is 12.2 Å². The number of β-amino-alcohol motifs (C(OH)–C–C–N with tert-alkyl or cyclic N) is 1. The van der Waals surface area contributed by atoms with Gasteiger partial charge in [0.25, 0.3) is 5.91 Å². The minimum Gasteiger partial charge on any atom is -0.466 e. The number of carbonyl (C=O) groups is 3. The van der Waals surface area contributed by atoms with Crippen molar-refractivity contribution in [3.05, 3.63) is 65.4 Å². The lowest BCUT2D eigenvalue weighted by molar-refractivity contribution is -0.136. The number of aliphatic hydroxyl groups is 1. The highest BCUT2D eigenvalue weighted by Gasteiger charge is 2.34. The molecule has 0 bridgehead atoms. The molecule has 0 saturated carbocycles. The first-order valence-electron chi connectivity index (χ1n) is 10.2. The Labute approximate surface area is 186 Å². The fourth-order valence-corrected chi connectivity index (χ4v) is 3.38. The summed E-state index contributed by atoms with van der Waals surface area (Å²) >= 11 is 0. The predicted octanol–water partition coefficient (Wildman–Crippen LogP) is 2.59. The first-order valence-corrected chi connectivity index (χ1v) is 10.2. The molecule has 1 amide bonds. The second kappa shape index (κ2) is 10.1. The monoisotopic (exact) mass is 438 g/mol. The third kappa shape index (κ3) is 5.15. The van der Waals surface area contributed by atoms with Crippen LogP contribution in [0.25, 0.3) is 11.1 Å². The van der Waals surface area contributed by atoms with E-state index in [1.807, 2.05) is 18.2 Å². The molecule has 0 unspecified atom stereocenters. The van der Waals surface area contributed by atoms with Crippen molar-refractivity contribution in [1.82, 2.24) is 4.90 Å². The Morgan fingerprint density at radius 3 is 2.44 bits per heavy atom. The summed E-state index contributed by atoms with van der Waals surface area (Å²) < 4.78 is 10.1. The molecular weight excluding hydrogens is 412 g/mol. The van der Waals surface area contributed by atoms with E-state index in [-0.39, 0.29) is 43.0 Å². The average molecular weight is 438 g/mol. The second-order valence-electron chi connectivity index (χ2n) is 7.54. The van der Waals surface area contributed by atoms with Gasteiger partial charge in [-0.05, 0) is 49.2 Å². The van der Waals surface area contributed by atoms with Gasteiger partial charge in [-0.2, -0.15) is 0 Å². The van der Waals surface area contributed by atoms with Crippen molar-refractivity contribution in [1.29, 1.82) is 0 Å². The molecule has 1 aliphatic heterocycles. The molecule has 32 heavy (non-hydrogen) atoms. The van der Waals surface area contributed by atoms with Gasteiger partial charge in [0.15, 0.2) is 0 Å². The lowest BCUT2D eigenvalue weighted by atomic mass is 10.0. The zero-order chi connectivity index (χ0) is 23.3. The maximum Gasteiger partial charge on any atom is 0.338 e. The number of ether oxygens (including phenoxy) is 2. The Bertz CT molecular complexity index is 1060. The molecule has 8 nitrogen and oxygen atoms in total. The quantitative estimate of drug-likeness (QED) is 0.611. The smallest absolute Gasteiger partial charge is 0.338 e. The summed E-state index contributed by atoms with van der Waals surface area (Å²) in [6, 6.07) is 14.3. The van der Waals surface area contributed by atoms with Crippen LogP contribution in [0.2, 0.25) is 0 Å². The van der Waals surface area contributed by atoms with Crippen molar-refractivity contribution in [3.8, 4) is 11.1 Å². The van der Waals surface area contributed by atoms with Crippen LogP contribution in [0.5, 0.6) is 0 Å². The van der Waals surface area contributed by atoms with Crippen LogP contribution in [0.3, 0.4) is 0 Å². The molecule has 0 atom stereocenters. The molecular formula is C24H26N2O6. The minimum absolute atomic E-state index is 0.0636. The van der Waals surface area contributed by atoms with Crippen LogP contribution in [0.4, 0.5) is 5.69 Å². The maximum atomic E-state index is 12.7. The van der Waals surface area contributed by atoms with Gasteiger partial charge in [0.1, 0.15) is 5.70 Å². The highest BCUT2D eigenvalue weighted by molar-refractivity contribution is 6.08. The van der Waals surface area contributed by atoms with Gasteiger partial charge in [-0.25, -0.2) is 9.59 Å². The third-order valence-corrected chi connectivity index (χ3v) is 4.86. The van der Waals surface area contributed by atoms with Crippen LogP contribution in [0.15, 0.2) is 59.8 Å². The van der Waals surface area contributed by atoms with E-state index in [2.05, 4.69) is 5.32 Å². The van der Waals surface area contributed by atoms with Crippen molar-refractivity contribution in [2.24, 2.45) is 0 Å². The summed E-state index contributed by atoms with van der Waals surface area (Å²) in [7, 11) is 1.25. The minimum atomic E-state index is -0.603. The first kappa shape index (κ1) is 23.0. The van der Waals surface area contributed by atoms with E-state index >= 15 is 0 Å². The summed E-state index contributed by atoms with van der Waals surface area (Å²) in [5, 5.41) is 12.2. The number of hydrogen-bond acceptors (Lipinski definition) is 7. The van der Waals surface area contributed by atoms with Crippen molar-refractivity contribution in [3.63, 3.8) is 0 Å². The van der Waals surface area contributed by atoms with Gasteiger partial charge in [0.05, 0.1) is 37.5 Å². The molecule has 2 aromatic rings. The lowest BCUT2D eigenvalue weighted by Crippen LogP contribution is -2.31. The SMILES string of the molecule is COC(=O)C1=C(Nc2cccc(-c3cccc(C(=O)OC(C)C)c3)c2)C(=O)N(CCO)C1. The first-order chi connectivity index (χ1) is 15.3. The number of nitrogens with zero attached hydrogens (tertiary/aromatic N) is 1. The van der Waals surface area contributed by atoms with Gasteiger partial charge < -0.3 is 24.8 Å². The van der Waals surface area contributed by atoms with Crippen LogP contribution in [-0.4, -0.2) is 60.8 Å². The van der Waals surface area contributed by atoms with Gasteiger partial charge in [-0.1, -0.05) is 24.3 Å². The number of rotatable bonds is 8. The molecule has 0 spiro atoms. The van der Waals surface area contributed by atoms with E-state index in [1.54, 1.807) is 44.2 Å². The third-order valence-electron chi connectivity index (χ3n) is 4.86. The molecule has 1 heterocycles. The van der Waals surface area contributed by atoms with Gasteiger partial charge in [-0.3, -0.25) is 4.79 Å². The molecule has 1 aliphatic rings. The van der Waals surface area contributed by atoms with E-state index in [0.29, 0.717) is 11.3 Å². The number of carbonyl (C=O) groups excluding carboxylic acids is 3. The van der Waals surface area contributed by atoms with Crippen molar-refractivity contribution in [2.75, 3.05) is 32.1 Å². The van der Waals surface area contributed by atoms with Crippen LogP contribution < -0.4 is 5.32 Å². The van der Waals surface area contributed by atoms with E-state index in [0.717, 1.165) is 11.1 Å². The van der Waals surface area contributed by atoms with E-state index < -0.39 is 11.9 Å². The van der Waals surface area contributed by atoms with Gasteiger partial charge >= 0.3 is 11.9 Å². The van der Waals surface area contributed by atoms with E-state index in [1.165, 1.54) is 12.0 Å². The number of methoxy groups -OCH3 is 1. The summed E-state index contributed by atoms with van der Waals surface area (Å²) in [5.74, 6) is -1.39. The molecule has 0 radical (unpaired) electrons. The summed E-state index contributed by atoms with van der Waals surface area (Å²) in [5.41, 5.74) is 2.97. The number of nitrogens with one attached hydrogen (secondary N) is 1. The number of amides is 1. The Morgan fingerprint density at radius 2 is 1.78 bits per heavy atom. The lowest BCUT2D eigenvalue weighted by Gasteiger charge is -2.15. The van der Waals surface area contributed by atoms with E-state index in [9.17, 15) is 19.5 Å². The fourth-order valence-electron chi connectivity index (χ4n) is 3.38. The molecule has 2 N–H and O–H groups in total. The number of hydrogen-bond donors (Lipinski definition) is 2. The number of aliphatic hydroxyl groups excluding tert-OH is 1. The van der Waals surface area contributed by atoms with Crippen molar-refractivity contribution >= 4 is 23.5 Å². The molecule has 0 saturated heterocycles. The number of esters is 2. The molecule has 0 aromatic heterocycles. The van der Waals surface area contributed by atoms with Gasteiger partial charge in [-0.15, -0.1) is 0 Å². The largest absolute Gasteiger partial charge is 0.466 e. The predicted molar refractivity (Wildman–Crippen MR) is 119 cm³/mol. The zero-order valence-corrected chi connectivity index (χ0v) is 18.3. The summed E-state index contributed by atoms with van der Waals surface area (Å²) in [4.78, 5) is 38.5. The Balaban J connectivity index is 1.89. The molecule has 168 valence electrons. The van der Waals surface area contributed by atoms with Crippen LogP contribution >= 0.6 is 0 Å². The summed E-state index contributed by atoms with van der Waals surface area (Å²) in [6.07, 6.45) is -0.217. The molecule has 8 heteroatoms. The van der Waals surface area contributed by atoms with Crippen LogP contribution in [0, 0.1) is 0 Å². The second-order valence-corrected chi connectivity index (χ2v) is 7.54. The Kier molecular flexibility index (Phi) is 7.27. The highest BCUT2D eigenvalue weighted by atomic mass is 16.5. The standard InChI is InChI=1S/C24H26N2O6/c1-15(2)32-23(29)18-8-4-6-16(12-18)17-7-5-9-19(13-17)25-21-20(24(30)31-3)14-26(10-11-27)22(21)28/h4-9,12-13,15,25,27H,10-11,14H2,1-3H3. The zero-order valence-electron chi connectivity index (χ0n) is 18.3. The Hall–Kier alpha value is -3.65.